The number of hydrogen-bond acceptors (Lipinski definition) is 3. The van der Waals surface area contributed by atoms with Crippen molar-refractivity contribution in [2.45, 2.75) is 18.9 Å². The molecule has 1 heterocycles. The fourth-order valence-corrected chi connectivity index (χ4v) is 2.96. The van der Waals surface area contributed by atoms with Crippen LogP contribution in [0, 0.1) is 6.92 Å². The Labute approximate surface area is 136 Å². The Morgan fingerprint density at radius 1 is 1.13 bits per heavy atom. The van der Waals surface area contributed by atoms with Crippen molar-refractivity contribution in [3.8, 4) is 5.75 Å². The normalized spacial score (nSPS) is 20.5. The van der Waals surface area contributed by atoms with E-state index in [0.29, 0.717) is 18.8 Å². The number of hydrogen-bond donors (Lipinski definition) is 1. The van der Waals surface area contributed by atoms with E-state index in [4.69, 9.17) is 10.5 Å². The molecular formula is C19H22N2O2. The van der Waals surface area contributed by atoms with Crippen LogP contribution in [0.5, 0.6) is 5.75 Å². The molecule has 4 nitrogen and oxygen atoms in total. The SMILES string of the molecule is Cc1ccc(OCC(=O)N2C[C@@H](N)[C@H](c3ccccc3)C2)cc1. The van der Waals surface area contributed by atoms with Gasteiger partial charge in [0.05, 0.1) is 0 Å². The van der Waals surface area contributed by atoms with Gasteiger partial charge in [0.1, 0.15) is 5.75 Å². The molecule has 2 aromatic rings. The predicted octanol–water partition coefficient (Wildman–Crippen LogP) is 2.33. The number of rotatable bonds is 4. The molecule has 2 aromatic carbocycles. The average molecular weight is 310 g/mol. The highest BCUT2D eigenvalue weighted by atomic mass is 16.5. The van der Waals surface area contributed by atoms with Gasteiger partial charge in [0, 0.05) is 25.0 Å². The summed E-state index contributed by atoms with van der Waals surface area (Å²) in [5.41, 5.74) is 8.58. The summed E-state index contributed by atoms with van der Waals surface area (Å²) in [4.78, 5) is 14.2. The number of aryl methyl sites for hydroxylation is 1. The highest BCUT2D eigenvalue weighted by molar-refractivity contribution is 5.78. The number of amides is 1. The topological polar surface area (TPSA) is 55.6 Å². The molecular weight excluding hydrogens is 288 g/mol. The molecule has 1 aliphatic rings. The van der Waals surface area contributed by atoms with Gasteiger partial charge in [-0.25, -0.2) is 0 Å². The van der Waals surface area contributed by atoms with E-state index in [1.54, 1.807) is 4.90 Å². The van der Waals surface area contributed by atoms with Gasteiger partial charge in [-0.15, -0.1) is 0 Å². The molecule has 0 aliphatic carbocycles. The summed E-state index contributed by atoms with van der Waals surface area (Å²) in [6.45, 7) is 3.30. The number of nitrogens with zero attached hydrogens (tertiary/aromatic N) is 1. The first-order chi connectivity index (χ1) is 11.1. The van der Waals surface area contributed by atoms with Gasteiger partial charge in [0.2, 0.25) is 0 Å². The van der Waals surface area contributed by atoms with Crippen molar-refractivity contribution < 1.29 is 9.53 Å². The molecule has 1 saturated heterocycles. The van der Waals surface area contributed by atoms with Crippen molar-refractivity contribution in [1.29, 1.82) is 0 Å². The van der Waals surface area contributed by atoms with E-state index in [9.17, 15) is 4.79 Å². The van der Waals surface area contributed by atoms with E-state index >= 15 is 0 Å². The molecule has 0 spiro atoms. The standard InChI is InChI=1S/C19H22N2O2/c1-14-7-9-16(10-8-14)23-13-19(22)21-11-17(18(20)12-21)15-5-3-2-4-6-15/h2-10,17-18H,11-13,20H2,1H3/t17-,18+/m0/s1. The van der Waals surface area contributed by atoms with E-state index in [2.05, 4.69) is 12.1 Å². The van der Waals surface area contributed by atoms with Crippen LogP contribution < -0.4 is 10.5 Å². The van der Waals surface area contributed by atoms with E-state index in [0.717, 1.165) is 0 Å². The quantitative estimate of drug-likeness (QED) is 0.943. The van der Waals surface area contributed by atoms with Gasteiger partial charge in [-0.05, 0) is 24.6 Å². The number of likely N-dealkylation sites (tertiary alicyclic amines) is 1. The Hall–Kier alpha value is -2.33. The van der Waals surface area contributed by atoms with Crippen LogP contribution in [0.1, 0.15) is 17.0 Å². The van der Waals surface area contributed by atoms with Crippen molar-refractivity contribution in [3.05, 3.63) is 65.7 Å². The Kier molecular flexibility index (Phi) is 4.63. The van der Waals surface area contributed by atoms with Gasteiger partial charge in [-0.2, -0.15) is 0 Å². The molecule has 1 amide bonds. The Bertz CT molecular complexity index is 655. The molecule has 0 unspecified atom stereocenters. The summed E-state index contributed by atoms with van der Waals surface area (Å²) in [5, 5.41) is 0. The maximum absolute atomic E-state index is 12.4. The highest BCUT2D eigenvalue weighted by Crippen LogP contribution is 2.26. The number of nitrogens with two attached hydrogens (primary N) is 1. The average Bonchev–Trinajstić information content (AvgIpc) is 2.97. The van der Waals surface area contributed by atoms with Crippen LogP contribution in [0.25, 0.3) is 0 Å². The molecule has 3 rings (SSSR count). The van der Waals surface area contributed by atoms with E-state index in [-0.39, 0.29) is 24.5 Å². The van der Waals surface area contributed by atoms with Gasteiger partial charge >= 0.3 is 0 Å². The maximum Gasteiger partial charge on any atom is 0.260 e. The number of ether oxygens (including phenoxy) is 1. The summed E-state index contributed by atoms with van der Waals surface area (Å²) in [5.74, 6) is 0.894. The molecule has 4 heteroatoms. The molecule has 0 radical (unpaired) electrons. The van der Waals surface area contributed by atoms with Crippen LogP contribution >= 0.6 is 0 Å². The third-order valence-electron chi connectivity index (χ3n) is 4.33. The van der Waals surface area contributed by atoms with Gasteiger partial charge in [0.25, 0.3) is 5.91 Å². The first kappa shape index (κ1) is 15.6. The first-order valence-electron chi connectivity index (χ1n) is 7.91. The molecule has 23 heavy (non-hydrogen) atoms. The summed E-state index contributed by atoms with van der Waals surface area (Å²) >= 11 is 0. The van der Waals surface area contributed by atoms with Crippen LogP contribution in [-0.2, 0) is 4.79 Å². The minimum atomic E-state index is -0.0271. The van der Waals surface area contributed by atoms with Crippen molar-refractivity contribution in [2.24, 2.45) is 5.73 Å². The van der Waals surface area contributed by atoms with E-state index in [1.807, 2.05) is 49.4 Å². The van der Waals surface area contributed by atoms with E-state index < -0.39 is 0 Å². The van der Waals surface area contributed by atoms with Crippen molar-refractivity contribution in [2.75, 3.05) is 19.7 Å². The summed E-state index contributed by atoms with van der Waals surface area (Å²) in [6.07, 6.45) is 0. The molecule has 0 bridgehead atoms. The molecule has 2 N–H and O–H groups in total. The van der Waals surface area contributed by atoms with Crippen molar-refractivity contribution in [3.63, 3.8) is 0 Å². The van der Waals surface area contributed by atoms with Crippen LogP contribution in [0.4, 0.5) is 0 Å². The fraction of sp³-hybridized carbons (Fsp3) is 0.316. The molecule has 120 valence electrons. The largest absolute Gasteiger partial charge is 0.484 e. The Morgan fingerprint density at radius 3 is 2.52 bits per heavy atom. The molecule has 0 saturated carbocycles. The van der Waals surface area contributed by atoms with Crippen LogP contribution in [0.3, 0.4) is 0 Å². The smallest absolute Gasteiger partial charge is 0.260 e. The molecule has 1 aliphatic heterocycles. The monoisotopic (exact) mass is 310 g/mol. The zero-order chi connectivity index (χ0) is 16.2. The lowest BCUT2D eigenvalue weighted by Gasteiger charge is -2.17. The summed E-state index contributed by atoms with van der Waals surface area (Å²) < 4.78 is 5.58. The molecule has 1 fully saturated rings. The highest BCUT2D eigenvalue weighted by Gasteiger charge is 2.33. The predicted molar refractivity (Wildman–Crippen MR) is 90.4 cm³/mol. The third kappa shape index (κ3) is 3.71. The van der Waals surface area contributed by atoms with Crippen LogP contribution in [-0.4, -0.2) is 36.5 Å². The minimum Gasteiger partial charge on any atom is -0.484 e. The second-order valence-corrected chi connectivity index (χ2v) is 6.08. The van der Waals surface area contributed by atoms with Crippen LogP contribution in [0.2, 0.25) is 0 Å². The lowest BCUT2D eigenvalue weighted by atomic mass is 9.95. The zero-order valence-electron chi connectivity index (χ0n) is 13.3. The zero-order valence-corrected chi connectivity index (χ0v) is 13.3. The molecule has 2 atom stereocenters. The van der Waals surface area contributed by atoms with Crippen molar-refractivity contribution in [1.82, 2.24) is 4.90 Å². The van der Waals surface area contributed by atoms with Crippen molar-refractivity contribution >= 4 is 5.91 Å². The first-order valence-corrected chi connectivity index (χ1v) is 7.91. The lowest BCUT2D eigenvalue weighted by molar-refractivity contribution is -0.132. The van der Waals surface area contributed by atoms with Gasteiger partial charge in [0.15, 0.2) is 6.61 Å². The second-order valence-electron chi connectivity index (χ2n) is 6.08. The Balaban J connectivity index is 1.57. The number of carbonyl (C=O) groups is 1. The minimum absolute atomic E-state index is 0.0144. The van der Waals surface area contributed by atoms with E-state index in [1.165, 1.54) is 11.1 Å². The van der Waals surface area contributed by atoms with Gasteiger partial charge in [-0.1, -0.05) is 48.0 Å². The molecule has 0 aromatic heterocycles. The summed E-state index contributed by atoms with van der Waals surface area (Å²) in [6, 6.07) is 17.8. The fourth-order valence-electron chi connectivity index (χ4n) is 2.96. The maximum atomic E-state index is 12.4. The van der Waals surface area contributed by atoms with Crippen LogP contribution in [0.15, 0.2) is 54.6 Å². The lowest BCUT2D eigenvalue weighted by Crippen LogP contribution is -2.35. The summed E-state index contributed by atoms with van der Waals surface area (Å²) in [7, 11) is 0. The second kappa shape index (κ2) is 6.84. The number of carbonyl (C=O) groups excluding carboxylic acids is 1. The van der Waals surface area contributed by atoms with Gasteiger partial charge in [-0.3, -0.25) is 4.79 Å². The number of benzene rings is 2. The third-order valence-corrected chi connectivity index (χ3v) is 4.33. The van der Waals surface area contributed by atoms with Gasteiger partial charge < -0.3 is 15.4 Å². The Morgan fingerprint density at radius 2 is 1.83 bits per heavy atom.